The highest BCUT2D eigenvalue weighted by molar-refractivity contribution is 7.09. The third-order valence-corrected chi connectivity index (χ3v) is 5.50. The minimum atomic E-state index is -0.295. The van der Waals surface area contributed by atoms with Gasteiger partial charge in [0, 0.05) is 28.6 Å². The van der Waals surface area contributed by atoms with Crippen LogP contribution in [0.1, 0.15) is 40.9 Å². The molecule has 0 amide bonds. The summed E-state index contributed by atoms with van der Waals surface area (Å²) < 4.78 is 25.4. The fourth-order valence-corrected chi connectivity index (χ4v) is 3.94. The van der Waals surface area contributed by atoms with Crippen LogP contribution < -0.4 is 4.74 Å². The van der Waals surface area contributed by atoms with Crippen LogP contribution in [0.3, 0.4) is 0 Å². The van der Waals surface area contributed by atoms with Gasteiger partial charge in [-0.1, -0.05) is 0 Å². The van der Waals surface area contributed by atoms with E-state index in [2.05, 4.69) is 9.97 Å². The van der Waals surface area contributed by atoms with Crippen molar-refractivity contribution < 1.29 is 13.9 Å². The van der Waals surface area contributed by atoms with Gasteiger partial charge in [-0.2, -0.15) is 0 Å². The van der Waals surface area contributed by atoms with E-state index in [0.717, 1.165) is 46.9 Å². The van der Waals surface area contributed by atoms with Crippen molar-refractivity contribution in [3.8, 4) is 5.75 Å². The van der Waals surface area contributed by atoms with E-state index in [0.29, 0.717) is 17.7 Å². The summed E-state index contributed by atoms with van der Waals surface area (Å²) in [5, 5.41) is 3.70. The second kappa shape index (κ2) is 6.69. The first-order valence-corrected chi connectivity index (χ1v) is 9.25. The van der Waals surface area contributed by atoms with Crippen molar-refractivity contribution in [3.05, 3.63) is 51.4 Å². The number of thiazole rings is 1. The van der Waals surface area contributed by atoms with Gasteiger partial charge in [0.1, 0.15) is 29.3 Å². The molecule has 130 valence electrons. The summed E-state index contributed by atoms with van der Waals surface area (Å²) in [5.74, 6) is 0.380. The Bertz CT molecular complexity index is 919. The van der Waals surface area contributed by atoms with Gasteiger partial charge in [0.05, 0.1) is 11.2 Å². The summed E-state index contributed by atoms with van der Waals surface area (Å²) in [6.45, 7) is 5.03. The predicted molar refractivity (Wildman–Crippen MR) is 95.5 cm³/mol. The largest absolute Gasteiger partial charge is 0.486 e. The number of aryl methyl sites for hydroxylation is 1. The number of hydrogen-bond acceptors (Lipinski definition) is 5. The molecule has 4 rings (SSSR count). The third-order valence-electron chi connectivity index (χ3n) is 4.51. The van der Waals surface area contributed by atoms with Crippen molar-refractivity contribution in [1.82, 2.24) is 9.97 Å². The summed E-state index contributed by atoms with van der Waals surface area (Å²) in [4.78, 5) is 9.15. The van der Waals surface area contributed by atoms with Crippen molar-refractivity contribution in [2.75, 3.05) is 6.61 Å². The summed E-state index contributed by atoms with van der Waals surface area (Å²) in [6, 6.07) is 4.58. The Hall–Kier alpha value is -2.05. The van der Waals surface area contributed by atoms with Crippen LogP contribution in [0.5, 0.6) is 5.75 Å². The Kier molecular flexibility index (Phi) is 4.39. The monoisotopic (exact) mass is 358 g/mol. The second-order valence-corrected chi connectivity index (χ2v) is 7.17. The third kappa shape index (κ3) is 3.24. The molecule has 1 aliphatic heterocycles. The average molecular weight is 358 g/mol. The van der Waals surface area contributed by atoms with E-state index in [1.807, 2.05) is 19.2 Å². The van der Waals surface area contributed by atoms with E-state index in [9.17, 15) is 4.39 Å². The van der Waals surface area contributed by atoms with Gasteiger partial charge in [0.25, 0.3) is 0 Å². The van der Waals surface area contributed by atoms with E-state index in [1.165, 1.54) is 12.1 Å². The molecule has 0 unspecified atom stereocenters. The molecule has 0 N–H and O–H groups in total. The van der Waals surface area contributed by atoms with Gasteiger partial charge in [-0.3, -0.25) is 4.98 Å². The van der Waals surface area contributed by atoms with Gasteiger partial charge in [-0.15, -0.1) is 11.3 Å². The molecular weight excluding hydrogens is 339 g/mol. The number of aromatic nitrogens is 2. The maximum atomic E-state index is 13.7. The fourth-order valence-electron chi connectivity index (χ4n) is 3.06. The van der Waals surface area contributed by atoms with Crippen molar-refractivity contribution in [2.24, 2.45) is 0 Å². The van der Waals surface area contributed by atoms with Gasteiger partial charge in [-0.05, 0) is 44.9 Å². The molecule has 1 saturated heterocycles. The van der Waals surface area contributed by atoms with E-state index >= 15 is 0 Å². The quantitative estimate of drug-likeness (QED) is 0.667. The Balaban J connectivity index is 1.60. The van der Waals surface area contributed by atoms with Crippen molar-refractivity contribution in [1.29, 1.82) is 0 Å². The zero-order chi connectivity index (χ0) is 17.4. The Morgan fingerprint density at radius 2 is 2.20 bits per heavy atom. The number of benzene rings is 1. The lowest BCUT2D eigenvalue weighted by Gasteiger charge is -2.13. The van der Waals surface area contributed by atoms with Crippen LogP contribution in [-0.2, 0) is 11.3 Å². The molecule has 25 heavy (non-hydrogen) atoms. The molecule has 1 fully saturated rings. The van der Waals surface area contributed by atoms with Gasteiger partial charge in [-0.25, -0.2) is 9.37 Å². The first-order chi connectivity index (χ1) is 12.1. The van der Waals surface area contributed by atoms with Gasteiger partial charge < -0.3 is 9.47 Å². The number of halogens is 1. The van der Waals surface area contributed by atoms with Crippen molar-refractivity contribution >= 4 is 22.2 Å². The molecular formula is C19H19FN2O2S. The maximum Gasteiger partial charge on any atom is 0.134 e. The van der Waals surface area contributed by atoms with Crippen LogP contribution in [0.2, 0.25) is 0 Å². The Labute approximate surface area is 149 Å². The maximum absolute atomic E-state index is 13.7. The smallest absolute Gasteiger partial charge is 0.134 e. The number of rotatable bonds is 4. The van der Waals surface area contributed by atoms with E-state index < -0.39 is 0 Å². The van der Waals surface area contributed by atoms with Gasteiger partial charge in [0.15, 0.2) is 0 Å². The molecule has 1 aromatic carbocycles. The summed E-state index contributed by atoms with van der Waals surface area (Å²) >= 11 is 1.61. The van der Waals surface area contributed by atoms with Crippen LogP contribution in [0.15, 0.2) is 23.6 Å². The lowest BCUT2D eigenvalue weighted by atomic mass is 10.1. The van der Waals surface area contributed by atoms with Crippen LogP contribution in [0, 0.1) is 19.7 Å². The molecule has 1 atom stereocenters. The van der Waals surface area contributed by atoms with Crippen LogP contribution in [0.4, 0.5) is 4.39 Å². The standard InChI is InChI=1S/C19H19FN2O2S/c1-11-12(2)21-16-6-5-13(20)8-15(16)18(11)24-9-14-10-25-19(22-14)17-4-3-7-23-17/h5-6,8,10,17H,3-4,7,9H2,1-2H3/t17-/m1/s1. The predicted octanol–water partition coefficient (Wildman–Crippen LogP) is 4.88. The lowest BCUT2D eigenvalue weighted by Crippen LogP contribution is -2.02. The molecule has 3 aromatic rings. The summed E-state index contributed by atoms with van der Waals surface area (Å²) in [5.41, 5.74) is 3.41. The number of pyridine rings is 1. The molecule has 0 bridgehead atoms. The van der Waals surface area contributed by atoms with Gasteiger partial charge >= 0.3 is 0 Å². The zero-order valence-electron chi connectivity index (χ0n) is 14.2. The molecule has 3 heterocycles. The Morgan fingerprint density at radius 1 is 1.32 bits per heavy atom. The first-order valence-electron chi connectivity index (χ1n) is 8.37. The van der Waals surface area contributed by atoms with E-state index in [-0.39, 0.29) is 11.9 Å². The van der Waals surface area contributed by atoms with Gasteiger partial charge in [0.2, 0.25) is 0 Å². The van der Waals surface area contributed by atoms with Crippen LogP contribution >= 0.6 is 11.3 Å². The Morgan fingerprint density at radius 3 is 3.00 bits per heavy atom. The minimum Gasteiger partial charge on any atom is -0.486 e. The minimum absolute atomic E-state index is 0.124. The molecule has 0 saturated carbocycles. The normalized spacial score (nSPS) is 17.3. The topological polar surface area (TPSA) is 44.2 Å². The first kappa shape index (κ1) is 16.4. The highest BCUT2D eigenvalue weighted by atomic mass is 32.1. The highest BCUT2D eigenvalue weighted by Gasteiger charge is 2.21. The summed E-state index contributed by atoms with van der Waals surface area (Å²) in [6.07, 6.45) is 2.24. The second-order valence-electron chi connectivity index (χ2n) is 6.28. The molecule has 2 aromatic heterocycles. The number of ether oxygens (including phenoxy) is 2. The van der Waals surface area contributed by atoms with E-state index in [4.69, 9.17) is 9.47 Å². The summed E-state index contributed by atoms with van der Waals surface area (Å²) in [7, 11) is 0. The van der Waals surface area contributed by atoms with Crippen molar-refractivity contribution in [3.63, 3.8) is 0 Å². The molecule has 4 nitrogen and oxygen atoms in total. The van der Waals surface area contributed by atoms with Crippen LogP contribution in [0.25, 0.3) is 10.9 Å². The number of hydrogen-bond donors (Lipinski definition) is 0. The van der Waals surface area contributed by atoms with E-state index in [1.54, 1.807) is 17.4 Å². The molecule has 1 aliphatic rings. The molecule has 0 aliphatic carbocycles. The fraction of sp³-hybridized carbons (Fsp3) is 0.368. The molecule has 0 spiro atoms. The number of fused-ring (bicyclic) bond motifs is 1. The highest BCUT2D eigenvalue weighted by Crippen LogP contribution is 2.33. The SMILES string of the molecule is Cc1nc2ccc(F)cc2c(OCc2csc([C@H]3CCCO3)n2)c1C. The zero-order valence-corrected chi connectivity index (χ0v) is 15.0. The average Bonchev–Trinajstić information content (AvgIpc) is 3.27. The van der Waals surface area contributed by atoms with Crippen molar-refractivity contribution in [2.45, 2.75) is 39.4 Å². The van der Waals surface area contributed by atoms with Crippen LogP contribution in [-0.4, -0.2) is 16.6 Å². The molecule has 6 heteroatoms. The number of nitrogens with zero attached hydrogens (tertiary/aromatic N) is 2. The lowest BCUT2D eigenvalue weighted by molar-refractivity contribution is 0.111. The molecule has 0 radical (unpaired) electrons.